The summed E-state index contributed by atoms with van der Waals surface area (Å²) in [6, 6.07) is 2.54. The molecule has 3 atom stereocenters. The predicted octanol–water partition coefficient (Wildman–Crippen LogP) is 3.72. The Morgan fingerprint density at radius 2 is 2.20 bits per heavy atom. The van der Waals surface area contributed by atoms with Gasteiger partial charge in [0.25, 0.3) is 0 Å². The van der Waals surface area contributed by atoms with Crippen LogP contribution in [0.3, 0.4) is 0 Å². The molecule has 3 aliphatic rings. The molecule has 3 heterocycles. The second-order valence-corrected chi connectivity index (χ2v) is 9.36. The van der Waals surface area contributed by atoms with Crippen LogP contribution >= 0.6 is 23.8 Å². The molecule has 1 saturated heterocycles. The van der Waals surface area contributed by atoms with Gasteiger partial charge in [-0.05, 0) is 37.2 Å². The van der Waals surface area contributed by atoms with E-state index in [9.17, 15) is 13.6 Å². The molecule has 2 aromatic rings. The minimum atomic E-state index is -0.696. The second-order valence-electron chi connectivity index (χ2n) is 8.59. The highest BCUT2D eigenvalue weighted by atomic mass is 35.5. The summed E-state index contributed by atoms with van der Waals surface area (Å²) < 4.78 is 39.2. The lowest BCUT2D eigenvalue weighted by Gasteiger charge is -2.23. The second kappa shape index (κ2) is 6.87. The van der Waals surface area contributed by atoms with Gasteiger partial charge in [-0.1, -0.05) is 11.6 Å². The highest BCUT2D eigenvalue weighted by Gasteiger charge is 2.64. The maximum Gasteiger partial charge on any atom is 0.228 e. The first-order chi connectivity index (χ1) is 14.3. The van der Waals surface area contributed by atoms with Gasteiger partial charge in [-0.25, -0.2) is 8.78 Å². The molecule has 160 valence electrons. The maximum absolute atomic E-state index is 14.8. The summed E-state index contributed by atoms with van der Waals surface area (Å²) in [5, 5.41) is -0.0806. The van der Waals surface area contributed by atoms with Crippen LogP contribution in [0.5, 0.6) is 0 Å². The van der Waals surface area contributed by atoms with Crippen molar-refractivity contribution in [2.75, 3.05) is 20.3 Å². The van der Waals surface area contributed by atoms with Crippen LogP contribution in [0.2, 0.25) is 5.02 Å². The van der Waals surface area contributed by atoms with Crippen molar-refractivity contribution < 1.29 is 18.3 Å². The number of hydrogen-bond donors (Lipinski definition) is 0. The van der Waals surface area contributed by atoms with Crippen molar-refractivity contribution in [3.63, 3.8) is 0 Å². The van der Waals surface area contributed by atoms with Gasteiger partial charge in [0.15, 0.2) is 4.77 Å². The van der Waals surface area contributed by atoms with Gasteiger partial charge >= 0.3 is 0 Å². The lowest BCUT2D eigenvalue weighted by molar-refractivity contribution is -0.131. The van der Waals surface area contributed by atoms with Crippen molar-refractivity contribution in [3.8, 4) is 0 Å². The number of likely N-dealkylation sites (N-methyl/N-ethyl adjacent to an activating group) is 1. The molecule has 30 heavy (non-hydrogen) atoms. The topological polar surface area (TPSA) is 39.4 Å². The van der Waals surface area contributed by atoms with E-state index in [-0.39, 0.29) is 34.9 Å². The standard InChI is InChI=1S/C21H22ClF2N3O2S/c1-25(11-5-6-29-9-11)16(28)7-15-19-12-8-21(12,10-27(19)20(30)26(15)2)17-14(23)4-3-13(22)18(17)24/h3-4,11-12H,5-10H2,1-2H3/t11-,12?,21+/m1/s1. The minimum Gasteiger partial charge on any atom is -0.379 e. The van der Waals surface area contributed by atoms with Crippen LogP contribution in [0.4, 0.5) is 8.78 Å². The average Bonchev–Trinajstić information content (AvgIpc) is 3.04. The van der Waals surface area contributed by atoms with E-state index < -0.39 is 17.0 Å². The maximum atomic E-state index is 14.8. The molecule has 2 aliphatic heterocycles. The minimum absolute atomic E-state index is 0.0113. The molecule has 9 heteroatoms. The smallest absolute Gasteiger partial charge is 0.228 e. The SMILES string of the molecule is CN(C(=O)Cc1c2n(c(=S)n1C)C[C@@]1(c3c(F)ccc(Cl)c3F)CC21)[C@@H]1CCOC1. The monoisotopic (exact) mass is 453 g/mol. The zero-order valence-electron chi connectivity index (χ0n) is 16.8. The third-order valence-electron chi connectivity index (χ3n) is 7.06. The fourth-order valence-electron chi connectivity index (χ4n) is 5.24. The molecule has 5 nitrogen and oxygen atoms in total. The van der Waals surface area contributed by atoms with Crippen LogP contribution in [-0.4, -0.2) is 46.2 Å². The number of rotatable bonds is 4. The Labute approximate surface area is 183 Å². The average molecular weight is 454 g/mol. The van der Waals surface area contributed by atoms with Gasteiger partial charge in [-0.3, -0.25) is 4.79 Å². The number of halogens is 3. The lowest BCUT2D eigenvalue weighted by Crippen LogP contribution is -2.38. The van der Waals surface area contributed by atoms with Crippen molar-refractivity contribution in [3.05, 3.63) is 50.5 Å². The Balaban J connectivity index is 1.49. The molecule has 1 aromatic carbocycles. The number of carbonyl (C=O) groups is 1. The molecule has 0 radical (unpaired) electrons. The number of ether oxygens (including phenoxy) is 1. The van der Waals surface area contributed by atoms with Gasteiger partial charge in [0.05, 0.1) is 24.1 Å². The van der Waals surface area contributed by atoms with Crippen LogP contribution in [0, 0.1) is 16.4 Å². The van der Waals surface area contributed by atoms with E-state index in [1.807, 2.05) is 16.2 Å². The molecule has 1 amide bonds. The van der Waals surface area contributed by atoms with E-state index in [2.05, 4.69) is 0 Å². The summed E-state index contributed by atoms with van der Waals surface area (Å²) >= 11 is 11.5. The van der Waals surface area contributed by atoms with E-state index in [0.717, 1.165) is 17.8 Å². The van der Waals surface area contributed by atoms with Gasteiger partial charge < -0.3 is 18.8 Å². The zero-order chi connectivity index (χ0) is 21.4. The Morgan fingerprint density at radius 3 is 2.90 bits per heavy atom. The molecular formula is C21H22ClF2N3O2S. The van der Waals surface area contributed by atoms with Gasteiger partial charge in [-0.2, -0.15) is 0 Å². The Bertz CT molecular complexity index is 1120. The van der Waals surface area contributed by atoms with Crippen LogP contribution in [0.25, 0.3) is 0 Å². The summed E-state index contributed by atoms with van der Waals surface area (Å²) in [5.41, 5.74) is 1.10. The van der Waals surface area contributed by atoms with Gasteiger partial charge in [0.1, 0.15) is 11.6 Å². The highest BCUT2D eigenvalue weighted by molar-refractivity contribution is 7.71. The molecule has 1 saturated carbocycles. The van der Waals surface area contributed by atoms with Crippen LogP contribution in [-0.2, 0) is 35.0 Å². The molecule has 5 rings (SSSR count). The number of fused-ring (bicyclic) bond motifs is 3. The Hall–Kier alpha value is -1.77. The molecule has 1 unspecified atom stereocenters. The summed E-state index contributed by atoms with van der Waals surface area (Å²) in [5.74, 6) is -1.37. The lowest BCUT2D eigenvalue weighted by atomic mass is 9.92. The number of amides is 1. The number of benzene rings is 1. The molecule has 0 bridgehead atoms. The molecule has 1 aliphatic carbocycles. The van der Waals surface area contributed by atoms with Crippen molar-refractivity contribution in [2.24, 2.45) is 7.05 Å². The van der Waals surface area contributed by atoms with Crippen LogP contribution < -0.4 is 0 Å². The van der Waals surface area contributed by atoms with Gasteiger partial charge in [-0.15, -0.1) is 0 Å². The largest absolute Gasteiger partial charge is 0.379 e. The number of hydrogen-bond acceptors (Lipinski definition) is 3. The van der Waals surface area contributed by atoms with Crippen LogP contribution in [0.15, 0.2) is 12.1 Å². The first kappa shape index (κ1) is 20.2. The molecule has 0 spiro atoms. The van der Waals surface area contributed by atoms with Crippen molar-refractivity contribution in [1.82, 2.24) is 14.0 Å². The number of aromatic nitrogens is 2. The van der Waals surface area contributed by atoms with E-state index in [4.69, 9.17) is 28.6 Å². The summed E-state index contributed by atoms with van der Waals surface area (Å²) in [6.07, 6.45) is 1.64. The fourth-order valence-corrected chi connectivity index (χ4v) is 5.67. The Morgan fingerprint density at radius 1 is 1.43 bits per heavy atom. The third-order valence-corrected chi connectivity index (χ3v) is 7.85. The third kappa shape index (κ3) is 2.73. The first-order valence-electron chi connectivity index (χ1n) is 10.0. The van der Waals surface area contributed by atoms with E-state index >= 15 is 0 Å². The van der Waals surface area contributed by atoms with Crippen molar-refractivity contribution in [1.29, 1.82) is 0 Å². The molecular weight excluding hydrogens is 432 g/mol. The van der Waals surface area contributed by atoms with Crippen molar-refractivity contribution >= 4 is 29.7 Å². The summed E-state index contributed by atoms with van der Waals surface area (Å²) in [7, 11) is 3.64. The van der Waals surface area contributed by atoms with E-state index in [1.165, 1.54) is 12.1 Å². The fraction of sp³-hybridized carbons (Fsp3) is 0.524. The highest BCUT2D eigenvalue weighted by Crippen LogP contribution is 2.67. The number of imidazole rings is 1. The number of nitrogens with zero attached hydrogens (tertiary/aromatic N) is 3. The molecule has 2 fully saturated rings. The number of carbonyl (C=O) groups excluding carboxylic acids is 1. The summed E-state index contributed by atoms with van der Waals surface area (Å²) in [4.78, 5) is 14.7. The van der Waals surface area contributed by atoms with Crippen LogP contribution in [0.1, 0.15) is 35.7 Å². The first-order valence-corrected chi connectivity index (χ1v) is 10.8. The zero-order valence-corrected chi connectivity index (χ0v) is 18.3. The summed E-state index contributed by atoms with van der Waals surface area (Å²) in [6.45, 7) is 1.61. The molecule has 1 aromatic heterocycles. The Kier molecular flexibility index (Phi) is 4.61. The quantitative estimate of drug-likeness (QED) is 0.523. The van der Waals surface area contributed by atoms with E-state index in [1.54, 1.807) is 11.9 Å². The normalized spacial score (nSPS) is 26.6. The van der Waals surface area contributed by atoms with Crippen molar-refractivity contribution in [2.45, 2.75) is 43.2 Å². The predicted molar refractivity (Wildman–Crippen MR) is 110 cm³/mol. The van der Waals surface area contributed by atoms with E-state index in [0.29, 0.717) is 31.0 Å². The van der Waals surface area contributed by atoms with Gasteiger partial charge in [0, 0.05) is 55.5 Å². The van der Waals surface area contributed by atoms with Gasteiger partial charge in [0.2, 0.25) is 5.91 Å². The molecule has 0 N–H and O–H groups in total.